The largest absolute Gasteiger partial charge is 0.352 e. The number of piperidine rings is 2. The van der Waals surface area contributed by atoms with Gasteiger partial charge >= 0.3 is 0 Å². The van der Waals surface area contributed by atoms with Crippen molar-refractivity contribution in [1.29, 1.82) is 0 Å². The van der Waals surface area contributed by atoms with E-state index in [1.165, 1.54) is 8.61 Å². The van der Waals surface area contributed by atoms with Crippen molar-refractivity contribution in [3.8, 4) is 0 Å². The molecule has 2 aliphatic rings. The lowest BCUT2D eigenvalue weighted by Crippen LogP contribution is -2.45. The number of carbonyl (C=O) groups is 1. The number of benzene rings is 3. The van der Waals surface area contributed by atoms with E-state index >= 15 is 0 Å². The summed E-state index contributed by atoms with van der Waals surface area (Å²) < 4.78 is 55.3. The standard InChI is InChI=1S/C28H33N3O5S2/c32-28(29-20-22-10-13-26(14-11-22)37(33,34)30-16-4-1-5-17-30)25-9-6-18-31(21-25)38(35,36)27-15-12-23-7-2-3-8-24(23)19-27/h2-3,7-8,10-15,19,25H,1,4-6,9,16-18,20-21H2,(H,29,32)/t25-/m0/s1. The van der Waals surface area contributed by atoms with Gasteiger partial charge in [0.15, 0.2) is 0 Å². The Bertz CT molecular complexity index is 1520. The Hall–Kier alpha value is -2.79. The summed E-state index contributed by atoms with van der Waals surface area (Å²) in [6, 6.07) is 19.3. The van der Waals surface area contributed by atoms with Gasteiger partial charge in [-0.15, -0.1) is 0 Å². The zero-order valence-corrected chi connectivity index (χ0v) is 22.9. The highest BCUT2D eigenvalue weighted by atomic mass is 32.2. The summed E-state index contributed by atoms with van der Waals surface area (Å²) >= 11 is 0. The van der Waals surface area contributed by atoms with Crippen LogP contribution in [0.5, 0.6) is 0 Å². The van der Waals surface area contributed by atoms with E-state index in [-0.39, 0.29) is 28.8 Å². The number of hydrogen-bond donors (Lipinski definition) is 1. The number of hydrogen-bond acceptors (Lipinski definition) is 5. The molecule has 10 heteroatoms. The molecule has 3 aromatic carbocycles. The topological polar surface area (TPSA) is 104 Å². The summed E-state index contributed by atoms with van der Waals surface area (Å²) in [7, 11) is -7.22. The average Bonchev–Trinajstić information content (AvgIpc) is 2.96. The van der Waals surface area contributed by atoms with E-state index in [0.29, 0.717) is 32.5 Å². The van der Waals surface area contributed by atoms with Crippen LogP contribution in [0.25, 0.3) is 10.8 Å². The minimum atomic E-state index is -3.72. The van der Waals surface area contributed by atoms with Gasteiger partial charge in [-0.2, -0.15) is 8.61 Å². The summed E-state index contributed by atoms with van der Waals surface area (Å²) in [5, 5.41) is 4.73. The van der Waals surface area contributed by atoms with E-state index in [2.05, 4.69) is 5.32 Å². The highest BCUT2D eigenvalue weighted by Gasteiger charge is 2.33. The van der Waals surface area contributed by atoms with Crippen LogP contribution in [0.1, 0.15) is 37.7 Å². The Labute approximate surface area is 224 Å². The smallest absolute Gasteiger partial charge is 0.243 e. The molecule has 8 nitrogen and oxygen atoms in total. The first kappa shape index (κ1) is 26.8. The van der Waals surface area contributed by atoms with Crippen LogP contribution in [0.2, 0.25) is 0 Å². The molecule has 0 spiro atoms. The molecule has 1 atom stereocenters. The third-order valence-corrected chi connectivity index (χ3v) is 11.2. The van der Waals surface area contributed by atoms with E-state index < -0.39 is 26.0 Å². The summed E-state index contributed by atoms with van der Waals surface area (Å²) in [5.41, 5.74) is 0.785. The molecule has 5 rings (SSSR count). The summed E-state index contributed by atoms with van der Waals surface area (Å²) in [6.07, 6.45) is 4.03. The van der Waals surface area contributed by atoms with Gasteiger partial charge < -0.3 is 5.32 Å². The van der Waals surface area contributed by atoms with Gasteiger partial charge in [-0.25, -0.2) is 16.8 Å². The first-order valence-corrected chi connectivity index (χ1v) is 16.0. The first-order chi connectivity index (χ1) is 18.2. The van der Waals surface area contributed by atoms with Crippen LogP contribution >= 0.6 is 0 Å². The zero-order valence-electron chi connectivity index (χ0n) is 21.3. The molecule has 0 aliphatic carbocycles. The second-order valence-electron chi connectivity index (χ2n) is 10.0. The fourth-order valence-corrected chi connectivity index (χ4v) is 8.30. The van der Waals surface area contributed by atoms with E-state index in [1.807, 2.05) is 24.3 Å². The first-order valence-electron chi connectivity index (χ1n) is 13.1. The number of fused-ring (bicyclic) bond motifs is 1. The second kappa shape index (κ2) is 11.1. The number of rotatable bonds is 7. The maximum atomic E-state index is 13.3. The van der Waals surface area contributed by atoms with Crippen LogP contribution in [0.15, 0.2) is 76.5 Å². The second-order valence-corrected chi connectivity index (χ2v) is 13.9. The summed E-state index contributed by atoms with van der Waals surface area (Å²) in [5.74, 6) is -0.647. The minimum Gasteiger partial charge on any atom is -0.352 e. The van der Waals surface area contributed by atoms with Gasteiger partial charge in [-0.05, 0) is 66.3 Å². The molecule has 2 saturated heterocycles. The van der Waals surface area contributed by atoms with Crippen LogP contribution < -0.4 is 5.32 Å². The fourth-order valence-electron chi connectivity index (χ4n) is 5.22. The van der Waals surface area contributed by atoms with Crippen molar-refractivity contribution in [2.75, 3.05) is 26.2 Å². The molecule has 1 amide bonds. The predicted octanol–water partition coefficient (Wildman–Crippen LogP) is 3.73. The molecular weight excluding hydrogens is 522 g/mol. The Morgan fingerprint density at radius 1 is 0.737 bits per heavy atom. The van der Waals surface area contributed by atoms with Crippen LogP contribution in [-0.2, 0) is 31.4 Å². The van der Waals surface area contributed by atoms with Gasteiger partial charge in [-0.3, -0.25) is 4.79 Å². The molecule has 0 radical (unpaired) electrons. The number of nitrogens with one attached hydrogen (secondary N) is 1. The molecule has 0 saturated carbocycles. The predicted molar refractivity (Wildman–Crippen MR) is 146 cm³/mol. The Balaban J connectivity index is 1.20. The number of nitrogens with zero attached hydrogens (tertiary/aromatic N) is 2. The molecule has 2 heterocycles. The average molecular weight is 556 g/mol. The molecular formula is C28H33N3O5S2. The van der Waals surface area contributed by atoms with Gasteiger partial charge in [0.2, 0.25) is 26.0 Å². The van der Waals surface area contributed by atoms with Crippen LogP contribution in [0, 0.1) is 5.92 Å². The van der Waals surface area contributed by atoms with Crippen molar-refractivity contribution in [3.05, 3.63) is 72.3 Å². The van der Waals surface area contributed by atoms with E-state index in [9.17, 15) is 21.6 Å². The fraction of sp³-hybridized carbons (Fsp3) is 0.393. The van der Waals surface area contributed by atoms with Crippen molar-refractivity contribution >= 4 is 36.7 Å². The van der Waals surface area contributed by atoms with Crippen molar-refractivity contribution in [3.63, 3.8) is 0 Å². The van der Waals surface area contributed by atoms with Gasteiger partial charge in [-0.1, -0.05) is 48.9 Å². The number of sulfonamides is 2. The SMILES string of the molecule is O=C(NCc1ccc(S(=O)(=O)N2CCCCC2)cc1)[C@H]1CCCN(S(=O)(=O)c2ccc3ccccc3c2)C1. The molecule has 1 N–H and O–H groups in total. The Morgan fingerprint density at radius 3 is 2.11 bits per heavy atom. The minimum absolute atomic E-state index is 0.133. The van der Waals surface area contributed by atoms with Gasteiger partial charge in [0.1, 0.15) is 0 Å². The van der Waals surface area contributed by atoms with Crippen LogP contribution in [0.4, 0.5) is 0 Å². The zero-order chi connectivity index (χ0) is 26.8. The lowest BCUT2D eigenvalue weighted by Gasteiger charge is -2.31. The quantitative estimate of drug-likeness (QED) is 0.479. The lowest BCUT2D eigenvalue weighted by atomic mass is 9.99. The normalized spacial score (nSPS) is 19.8. The van der Waals surface area contributed by atoms with E-state index in [1.54, 1.807) is 42.5 Å². The molecule has 0 aromatic heterocycles. The molecule has 0 bridgehead atoms. The van der Waals surface area contributed by atoms with Crippen LogP contribution in [0.3, 0.4) is 0 Å². The van der Waals surface area contributed by atoms with Gasteiger partial charge in [0.05, 0.1) is 15.7 Å². The van der Waals surface area contributed by atoms with Crippen molar-refractivity contribution in [2.24, 2.45) is 5.92 Å². The van der Waals surface area contributed by atoms with E-state index in [0.717, 1.165) is 35.6 Å². The highest BCUT2D eigenvalue weighted by Crippen LogP contribution is 2.27. The number of amides is 1. The molecule has 202 valence electrons. The molecule has 0 unspecified atom stereocenters. The van der Waals surface area contributed by atoms with E-state index in [4.69, 9.17) is 0 Å². The third kappa shape index (κ3) is 5.63. The van der Waals surface area contributed by atoms with Gasteiger partial charge in [0.25, 0.3) is 0 Å². The maximum absolute atomic E-state index is 13.3. The molecule has 38 heavy (non-hydrogen) atoms. The van der Waals surface area contributed by atoms with Crippen molar-refractivity contribution in [1.82, 2.24) is 13.9 Å². The van der Waals surface area contributed by atoms with Crippen molar-refractivity contribution < 1.29 is 21.6 Å². The summed E-state index contributed by atoms with van der Waals surface area (Å²) in [4.78, 5) is 13.4. The molecule has 3 aromatic rings. The highest BCUT2D eigenvalue weighted by molar-refractivity contribution is 7.89. The third-order valence-electron chi connectivity index (χ3n) is 7.46. The summed E-state index contributed by atoms with van der Waals surface area (Å²) in [6.45, 7) is 1.86. The van der Waals surface area contributed by atoms with Crippen LogP contribution in [-0.4, -0.2) is 57.5 Å². The Morgan fingerprint density at radius 2 is 1.37 bits per heavy atom. The number of carbonyl (C=O) groups excluding carboxylic acids is 1. The van der Waals surface area contributed by atoms with Gasteiger partial charge in [0, 0.05) is 32.7 Å². The van der Waals surface area contributed by atoms with Crippen molar-refractivity contribution in [2.45, 2.75) is 48.4 Å². The molecule has 2 fully saturated rings. The Kier molecular flexibility index (Phi) is 7.85. The molecule has 2 aliphatic heterocycles. The lowest BCUT2D eigenvalue weighted by molar-refractivity contribution is -0.126. The maximum Gasteiger partial charge on any atom is 0.243 e. The monoisotopic (exact) mass is 555 g/mol.